The van der Waals surface area contributed by atoms with Gasteiger partial charge in [0.1, 0.15) is 0 Å². The Morgan fingerprint density at radius 1 is 1.12 bits per heavy atom. The van der Waals surface area contributed by atoms with E-state index in [4.69, 9.17) is 9.72 Å². The van der Waals surface area contributed by atoms with E-state index in [0.717, 1.165) is 43.0 Å². The van der Waals surface area contributed by atoms with E-state index in [1.54, 1.807) is 29.7 Å². The summed E-state index contributed by atoms with van der Waals surface area (Å²) in [7, 11) is 0. The van der Waals surface area contributed by atoms with Gasteiger partial charge in [-0.25, -0.2) is 4.98 Å². The first-order valence-corrected chi connectivity index (χ1v) is 12.7. The van der Waals surface area contributed by atoms with Crippen molar-refractivity contribution < 1.29 is 14.3 Å². The molecule has 3 aromatic rings. The molecule has 178 valence electrons. The van der Waals surface area contributed by atoms with Crippen LogP contribution < -0.4 is 10.9 Å². The SMILES string of the molecule is CCOC(=O)CSc1nc2cc(C(=O)NC3CCCCC3)ccc2c(=O)n1Cc1ccccc1. The number of ether oxygens (including phenoxy) is 1. The summed E-state index contributed by atoms with van der Waals surface area (Å²) < 4.78 is 6.61. The van der Waals surface area contributed by atoms with Crippen molar-refractivity contribution in [1.29, 1.82) is 0 Å². The predicted molar refractivity (Wildman–Crippen MR) is 133 cm³/mol. The second-order valence-electron chi connectivity index (χ2n) is 8.41. The Labute approximate surface area is 202 Å². The number of nitrogens with one attached hydrogen (secondary N) is 1. The van der Waals surface area contributed by atoms with Crippen LogP contribution in [0.15, 0.2) is 58.5 Å². The lowest BCUT2D eigenvalue weighted by atomic mass is 9.95. The zero-order chi connectivity index (χ0) is 23.9. The lowest BCUT2D eigenvalue weighted by molar-refractivity contribution is -0.139. The van der Waals surface area contributed by atoms with Gasteiger partial charge in [-0.15, -0.1) is 0 Å². The third kappa shape index (κ3) is 5.86. The number of amides is 1. The van der Waals surface area contributed by atoms with Crippen molar-refractivity contribution in [1.82, 2.24) is 14.9 Å². The average molecular weight is 480 g/mol. The highest BCUT2D eigenvalue weighted by atomic mass is 32.2. The third-order valence-corrected chi connectivity index (χ3v) is 6.88. The summed E-state index contributed by atoms with van der Waals surface area (Å²) in [6, 6.07) is 14.8. The van der Waals surface area contributed by atoms with Crippen molar-refractivity contribution in [3.63, 3.8) is 0 Å². The molecule has 1 heterocycles. The zero-order valence-electron chi connectivity index (χ0n) is 19.3. The number of aromatic nitrogens is 2. The van der Waals surface area contributed by atoms with Crippen molar-refractivity contribution in [2.24, 2.45) is 0 Å². The smallest absolute Gasteiger partial charge is 0.316 e. The molecular formula is C26H29N3O4S. The highest BCUT2D eigenvalue weighted by Gasteiger charge is 2.19. The molecule has 1 aliphatic carbocycles. The van der Waals surface area contributed by atoms with E-state index in [-0.39, 0.29) is 29.2 Å². The summed E-state index contributed by atoms with van der Waals surface area (Å²) in [5, 5.41) is 3.96. The maximum Gasteiger partial charge on any atom is 0.316 e. The minimum Gasteiger partial charge on any atom is -0.465 e. The second kappa shape index (κ2) is 11.3. The van der Waals surface area contributed by atoms with Gasteiger partial charge in [0.15, 0.2) is 5.16 Å². The van der Waals surface area contributed by atoms with Gasteiger partial charge in [0.2, 0.25) is 0 Å². The zero-order valence-corrected chi connectivity index (χ0v) is 20.1. The number of esters is 1. The maximum atomic E-state index is 13.4. The third-order valence-electron chi connectivity index (χ3n) is 5.93. The normalized spacial score (nSPS) is 14.1. The standard InChI is InChI=1S/C26H29N3O4S/c1-2-33-23(30)17-34-26-28-22-15-19(24(31)27-20-11-7-4-8-12-20)13-14-21(22)25(32)29(26)16-18-9-5-3-6-10-18/h3,5-6,9-10,13-15,20H,2,4,7-8,11-12,16-17H2,1H3,(H,27,31). The molecule has 8 heteroatoms. The first kappa shape index (κ1) is 24.0. The summed E-state index contributed by atoms with van der Waals surface area (Å²) in [6.45, 7) is 2.38. The number of hydrogen-bond donors (Lipinski definition) is 1. The minimum atomic E-state index is -0.367. The summed E-state index contributed by atoms with van der Waals surface area (Å²) in [5.74, 6) is -0.471. The van der Waals surface area contributed by atoms with Crippen LogP contribution in [0.3, 0.4) is 0 Å². The molecule has 1 aromatic heterocycles. The molecule has 0 aliphatic heterocycles. The maximum absolute atomic E-state index is 13.4. The highest BCUT2D eigenvalue weighted by Crippen LogP contribution is 2.21. The van der Waals surface area contributed by atoms with E-state index < -0.39 is 0 Å². The molecule has 0 unspecified atom stereocenters. The van der Waals surface area contributed by atoms with Gasteiger partial charge in [-0.2, -0.15) is 0 Å². The molecule has 2 aromatic carbocycles. The number of hydrogen-bond acceptors (Lipinski definition) is 6. The Morgan fingerprint density at radius 2 is 1.88 bits per heavy atom. The Kier molecular flexibility index (Phi) is 8.00. The molecule has 1 N–H and O–H groups in total. The van der Waals surface area contributed by atoms with Gasteiger partial charge < -0.3 is 10.1 Å². The molecule has 7 nitrogen and oxygen atoms in total. The van der Waals surface area contributed by atoms with Crippen molar-refractivity contribution in [3.05, 3.63) is 70.0 Å². The summed E-state index contributed by atoms with van der Waals surface area (Å²) in [4.78, 5) is 42.9. The Hall–Kier alpha value is -3.13. The van der Waals surface area contributed by atoms with Crippen LogP contribution in [0.5, 0.6) is 0 Å². The fourth-order valence-electron chi connectivity index (χ4n) is 4.20. The molecule has 4 rings (SSSR count). The number of thioether (sulfide) groups is 1. The van der Waals surface area contributed by atoms with Crippen LogP contribution >= 0.6 is 11.8 Å². The number of rotatable bonds is 8. The highest BCUT2D eigenvalue weighted by molar-refractivity contribution is 7.99. The molecule has 0 spiro atoms. The van der Waals surface area contributed by atoms with Crippen molar-refractivity contribution in [2.75, 3.05) is 12.4 Å². The van der Waals surface area contributed by atoms with Crippen LogP contribution in [-0.4, -0.2) is 39.8 Å². The van der Waals surface area contributed by atoms with Crippen LogP contribution in [0.1, 0.15) is 54.9 Å². The van der Waals surface area contributed by atoms with E-state index in [0.29, 0.717) is 34.8 Å². The van der Waals surface area contributed by atoms with Gasteiger partial charge >= 0.3 is 5.97 Å². The Balaban J connectivity index is 1.67. The van der Waals surface area contributed by atoms with Crippen molar-refractivity contribution >= 4 is 34.5 Å². The van der Waals surface area contributed by atoms with Crippen LogP contribution in [0.2, 0.25) is 0 Å². The fourth-order valence-corrected chi connectivity index (χ4v) is 5.00. The summed E-state index contributed by atoms with van der Waals surface area (Å²) in [5.41, 5.74) is 1.66. The van der Waals surface area contributed by atoms with E-state index in [1.807, 2.05) is 30.3 Å². The number of carbonyl (C=O) groups is 2. The van der Waals surface area contributed by atoms with Crippen LogP contribution in [0.4, 0.5) is 0 Å². The lowest BCUT2D eigenvalue weighted by Crippen LogP contribution is -2.36. The van der Waals surface area contributed by atoms with E-state index in [2.05, 4.69) is 5.32 Å². The van der Waals surface area contributed by atoms with Gasteiger partial charge in [-0.05, 0) is 43.5 Å². The lowest BCUT2D eigenvalue weighted by Gasteiger charge is -2.22. The first-order valence-electron chi connectivity index (χ1n) is 11.7. The number of benzene rings is 2. The molecule has 0 saturated heterocycles. The monoisotopic (exact) mass is 479 g/mol. The van der Waals surface area contributed by atoms with Gasteiger partial charge in [-0.3, -0.25) is 19.0 Å². The minimum absolute atomic E-state index is 0.0441. The molecule has 0 bridgehead atoms. The van der Waals surface area contributed by atoms with E-state index >= 15 is 0 Å². The van der Waals surface area contributed by atoms with Gasteiger partial charge in [-0.1, -0.05) is 61.4 Å². The van der Waals surface area contributed by atoms with Gasteiger partial charge in [0, 0.05) is 11.6 Å². The molecule has 34 heavy (non-hydrogen) atoms. The quantitative estimate of drug-likeness (QED) is 0.296. The summed E-state index contributed by atoms with van der Waals surface area (Å²) in [6.07, 6.45) is 5.47. The molecule has 1 aliphatic rings. The molecular weight excluding hydrogens is 450 g/mol. The Bertz CT molecular complexity index is 1220. The topological polar surface area (TPSA) is 90.3 Å². The van der Waals surface area contributed by atoms with Gasteiger partial charge in [0.25, 0.3) is 11.5 Å². The number of fused-ring (bicyclic) bond motifs is 1. The second-order valence-corrected chi connectivity index (χ2v) is 9.35. The average Bonchev–Trinajstić information content (AvgIpc) is 2.86. The van der Waals surface area contributed by atoms with Crippen LogP contribution in [-0.2, 0) is 16.1 Å². The molecule has 1 fully saturated rings. The van der Waals surface area contributed by atoms with E-state index in [9.17, 15) is 14.4 Å². The molecule has 1 saturated carbocycles. The molecule has 1 amide bonds. The molecule has 0 atom stereocenters. The van der Waals surface area contributed by atoms with Crippen LogP contribution in [0, 0.1) is 0 Å². The Morgan fingerprint density at radius 3 is 2.62 bits per heavy atom. The predicted octanol–water partition coefficient (Wildman–Crippen LogP) is 4.16. The number of nitrogens with zero attached hydrogens (tertiary/aromatic N) is 2. The van der Waals surface area contributed by atoms with Crippen molar-refractivity contribution in [2.45, 2.75) is 56.8 Å². The molecule has 0 radical (unpaired) electrons. The van der Waals surface area contributed by atoms with Crippen molar-refractivity contribution in [3.8, 4) is 0 Å². The first-order chi connectivity index (χ1) is 16.5. The fraction of sp³-hybridized carbons (Fsp3) is 0.385. The van der Waals surface area contributed by atoms with E-state index in [1.165, 1.54) is 6.42 Å². The number of carbonyl (C=O) groups excluding carboxylic acids is 2. The van der Waals surface area contributed by atoms with Gasteiger partial charge in [0.05, 0.1) is 29.8 Å². The largest absolute Gasteiger partial charge is 0.465 e. The van der Waals surface area contributed by atoms with Crippen LogP contribution in [0.25, 0.3) is 10.9 Å². The summed E-state index contributed by atoms with van der Waals surface area (Å²) >= 11 is 1.16.